The van der Waals surface area contributed by atoms with Crippen LogP contribution in [0.1, 0.15) is 43.8 Å². The fourth-order valence-electron chi connectivity index (χ4n) is 2.13. The Labute approximate surface area is 119 Å². The van der Waals surface area contributed by atoms with Gasteiger partial charge in [-0.1, -0.05) is 17.3 Å². The topological polar surface area (TPSA) is 60.2 Å². The van der Waals surface area contributed by atoms with E-state index in [-0.39, 0.29) is 12.6 Å². The Kier molecular flexibility index (Phi) is 4.74. The molecule has 0 bridgehead atoms. The zero-order chi connectivity index (χ0) is 14.5. The van der Waals surface area contributed by atoms with Gasteiger partial charge in [0.25, 0.3) is 0 Å². The second-order valence-corrected chi connectivity index (χ2v) is 4.93. The third-order valence-electron chi connectivity index (χ3n) is 3.12. The first-order valence-electron chi connectivity index (χ1n) is 6.91. The van der Waals surface area contributed by atoms with E-state index in [1.807, 2.05) is 35.9 Å². The first kappa shape index (κ1) is 14.5. The molecule has 2 aromatic rings. The Morgan fingerprint density at radius 3 is 2.50 bits per heavy atom. The fraction of sp³-hybridized carbons (Fsp3) is 0.467. The fourth-order valence-corrected chi connectivity index (χ4v) is 2.13. The Hall–Kier alpha value is -1.88. The maximum absolute atomic E-state index is 9.37. The van der Waals surface area contributed by atoms with Crippen LogP contribution in [0.15, 0.2) is 24.3 Å². The van der Waals surface area contributed by atoms with Crippen LogP contribution < -0.4 is 4.74 Å². The SMILES string of the molecule is CCOc1ccc(Cc2c(CO)nnn2C(C)C)cc1. The molecule has 0 aliphatic rings. The lowest BCUT2D eigenvalue weighted by Gasteiger charge is -2.11. The van der Waals surface area contributed by atoms with Gasteiger partial charge < -0.3 is 9.84 Å². The van der Waals surface area contributed by atoms with Crippen molar-refractivity contribution in [1.82, 2.24) is 15.0 Å². The van der Waals surface area contributed by atoms with Crippen LogP contribution in [0.2, 0.25) is 0 Å². The van der Waals surface area contributed by atoms with Gasteiger partial charge in [0.05, 0.1) is 18.9 Å². The first-order valence-corrected chi connectivity index (χ1v) is 6.91. The van der Waals surface area contributed by atoms with Crippen molar-refractivity contribution in [3.8, 4) is 5.75 Å². The molecule has 1 heterocycles. The number of nitrogens with zero attached hydrogens (tertiary/aromatic N) is 3. The minimum Gasteiger partial charge on any atom is -0.494 e. The first-order chi connectivity index (χ1) is 9.65. The molecule has 1 aromatic carbocycles. The van der Waals surface area contributed by atoms with E-state index in [9.17, 15) is 5.11 Å². The lowest BCUT2D eigenvalue weighted by atomic mass is 10.1. The molecule has 0 aliphatic heterocycles. The zero-order valence-electron chi connectivity index (χ0n) is 12.2. The van der Waals surface area contributed by atoms with Crippen LogP contribution >= 0.6 is 0 Å². The van der Waals surface area contributed by atoms with Crippen LogP contribution in [0.5, 0.6) is 5.75 Å². The minimum absolute atomic E-state index is 0.0842. The van der Waals surface area contributed by atoms with Crippen LogP contribution in [0.25, 0.3) is 0 Å². The molecular weight excluding hydrogens is 254 g/mol. The zero-order valence-corrected chi connectivity index (χ0v) is 12.2. The van der Waals surface area contributed by atoms with Gasteiger partial charge in [-0.2, -0.15) is 0 Å². The van der Waals surface area contributed by atoms with Gasteiger partial charge in [0.2, 0.25) is 0 Å². The highest BCUT2D eigenvalue weighted by atomic mass is 16.5. The number of aromatic nitrogens is 3. The summed E-state index contributed by atoms with van der Waals surface area (Å²) in [6.07, 6.45) is 0.702. The van der Waals surface area contributed by atoms with Crippen LogP contribution in [-0.4, -0.2) is 26.7 Å². The third kappa shape index (κ3) is 3.17. The summed E-state index contributed by atoms with van der Waals surface area (Å²) in [6.45, 7) is 6.65. The number of benzene rings is 1. The van der Waals surface area contributed by atoms with Crippen molar-refractivity contribution in [3.05, 3.63) is 41.2 Å². The predicted molar refractivity (Wildman–Crippen MR) is 76.7 cm³/mol. The Bertz CT molecular complexity index is 547. The molecule has 0 spiro atoms. The smallest absolute Gasteiger partial charge is 0.119 e. The van der Waals surface area contributed by atoms with Crippen LogP contribution in [-0.2, 0) is 13.0 Å². The summed E-state index contributed by atoms with van der Waals surface area (Å²) in [6, 6.07) is 8.20. The summed E-state index contributed by atoms with van der Waals surface area (Å²) < 4.78 is 7.30. The second-order valence-electron chi connectivity index (χ2n) is 4.93. The van der Waals surface area contributed by atoms with Gasteiger partial charge in [0, 0.05) is 12.5 Å². The molecule has 0 saturated heterocycles. The number of aliphatic hydroxyl groups excluding tert-OH is 1. The maximum atomic E-state index is 9.37. The van der Waals surface area contributed by atoms with Crippen molar-refractivity contribution >= 4 is 0 Å². The lowest BCUT2D eigenvalue weighted by Crippen LogP contribution is -2.09. The van der Waals surface area contributed by atoms with Gasteiger partial charge in [-0.3, -0.25) is 0 Å². The quantitative estimate of drug-likeness (QED) is 0.879. The molecular formula is C15H21N3O2. The van der Waals surface area contributed by atoms with Gasteiger partial charge in [-0.15, -0.1) is 5.10 Å². The molecule has 0 unspecified atom stereocenters. The molecule has 2 rings (SSSR count). The largest absolute Gasteiger partial charge is 0.494 e. The molecule has 5 nitrogen and oxygen atoms in total. The molecule has 0 fully saturated rings. The normalized spacial score (nSPS) is 11.1. The predicted octanol–water partition coefficient (Wildman–Crippen LogP) is 2.34. The molecule has 108 valence electrons. The third-order valence-corrected chi connectivity index (χ3v) is 3.12. The summed E-state index contributed by atoms with van der Waals surface area (Å²) >= 11 is 0. The maximum Gasteiger partial charge on any atom is 0.119 e. The molecule has 0 atom stereocenters. The molecule has 0 radical (unpaired) electrons. The van der Waals surface area contributed by atoms with Crippen LogP contribution in [0.4, 0.5) is 0 Å². The van der Waals surface area contributed by atoms with E-state index < -0.39 is 0 Å². The average molecular weight is 275 g/mol. The Morgan fingerprint density at radius 1 is 1.25 bits per heavy atom. The van der Waals surface area contributed by atoms with Crippen molar-refractivity contribution in [2.24, 2.45) is 0 Å². The van der Waals surface area contributed by atoms with Gasteiger partial charge in [0.1, 0.15) is 11.4 Å². The van der Waals surface area contributed by atoms with E-state index >= 15 is 0 Å². The van der Waals surface area contributed by atoms with Crippen molar-refractivity contribution in [2.75, 3.05) is 6.61 Å². The van der Waals surface area contributed by atoms with Gasteiger partial charge in [-0.05, 0) is 38.5 Å². The van der Waals surface area contributed by atoms with Crippen molar-refractivity contribution in [2.45, 2.75) is 39.8 Å². The minimum atomic E-state index is -0.0842. The number of aliphatic hydroxyl groups is 1. The number of hydrogen-bond acceptors (Lipinski definition) is 4. The summed E-state index contributed by atoms with van der Waals surface area (Å²) in [5.41, 5.74) is 2.76. The summed E-state index contributed by atoms with van der Waals surface area (Å²) in [4.78, 5) is 0. The molecule has 1 aromatic heterocycles. The molecule has 5 heteroatoms. The average Bonchev–Trinajstić information content (AvgIpc) is 2.84. The van der Waals surface area contributed by atoms with Crippen LogP contribution in [0.3, 0.4) is 0 Å². The van der Waals surface area contributed by atoms with E-state index in [0.29, 0.717) is 18.7 Å². The Balaban J connectivity index is 2.22. The van der Waals surface area contributed by atoms with Crippen molar-refractivity contribution < 1.29 is 9.84 Å². The summed E-state index contributed by atoms with van der Waals surface area (Å²) in [5.74, 6) is 0.870. The number of hydrogen-bond donors (Lipinski definition) is 1. The summed E-state index contributed by atoms with van der Waals surface area (Å²) in [7, 11) is 0. The highest BCUT2D eigenvalue weighted by Crippen LogP contribution is 2.19. The van der Waals surface area contributed by atoms with Gasteiger partial charge >= 0.3 is 0 Å². The molecule has 0 saturated carbocycles. The highest BCUT2D eigenvalue weighted by Gasteiger charge is 2.14. The van der Waals surface area contributed by atoms with E-state index in [1.54, 1.807) is 0 Å². The standard InChI is InChI=1S/C15H21N3O2/c1-4-20-13-7-5-12(6-8-13)9-15-14(10-19)16-17-18(15)11(2)3/h5-8,11,19H,4,9-10H2,1-3H3. The second kappa shape index (κ2) is 6.52. The Morgan fingerprint density at radius 2 is 1.95 bits per heavy atom. The highest BCUT2D eigenvalue weighted by molar-refractivity contribution is 5.30. The van der Waals surface area contributed by atoms with E-state index in [0.717, 1.165) is 17.0 Å². The number of rotatable bonds is 6. The van der Waals surface area contributed by atoms with Gasteiger partial charge in [0.15, 0.2) is 0 Å². The molecule has 1 N–H and O–H groups in total. The monoisotopic (exact) mass is 275 g/mol. The number of ether oxygens (including phenoxy) is 1. The van der Waals surface area contributed by atoms with Crippen molar-refractivity contribution in [3.63, 3.8) is 0 Å². The lowest BCUT2D eigenvalue weighted by molar-refractivity contribution is 0.275. The van der Waals surface area contributed by atoms with Crippen molar-refractivity contribution in [1.29, 1.82) is 0 Å². The molecule has 0 amide bonds. The summed E-state index contributed by atoms with van der Waals surface area (Å²) in [5, 5.41) is 17.5. The molecule has 20 heavy (non-hydrogen) atoms. The van der Waals surface area contributed by atoms with E-state index in [4.69, 9.17) is 4.74 Å². The van der Waals surface area contributed by atoms with E-state index in [1.165, 1.54) is 0 Å². The van der Waals surface area contributed by atoms with Crippen LogP contribution in [0, 0.1) is 0 Å². The van der Waals surface area contributed by atoms with Gasteiger partial charge in [-0.25, -0.2) is 4.68 Å². The van der Waals surface area contributed by atoms with E-state index in [2.05, 4.69) is 24.2 Å². The molecule has 0 aliphatic carbocycles.